The minimum Gasteiger partial charge on any atom is -0.0853 e. The van der Waals surface area contributed by atoms with E-state index in [0.717, 1.165) is 18.4 Å². The second kappa shape index (κ2) is 9.45. The van der Waals surface area contributed by atoms with Gasteiger partial charge in [-0.1, -0.05) is 48.8 Å². The number of allylic oxidation sites excluding steroid dienone is 5. The summed E-state index contributed by atoms with van der Waals surface area (Å²) >= 11 is 0. The van der Waals surface area contributed by atoms with Gasteiger partial charge in [0.2, 0.25) is 0 Å². The predicted octanol–water partition coefficient (Wildman–Crippen LogP) is 5.62. The van der Waals surface area contributed by atoms with Crippen molar-refractivity contribution in [1.29, 1.82) is 0 Å². The van der Waals surface area contributed by atoms with Crippen LogP contribution in [-0.2, 0) is 0 Å². The van der Waals surface area contributed by atoms with E-state index in [1.54, 1.807) is 0 Å². The van der Waals surface area contributed by atoms with Gasteiger partial charge in [-0.05, 0) is 52.9 Å². The third-order valence-electron chi connectivity index (χ3n) is 2.71. The zero-order valence-electron chi connectivity index (χ0n) is 11.5. The molecule has 16 heavy (non-hydrogen) atoms. The lowest BCUT2D eigenvalue weighted by Crippen LogP contribution is -1.80. The van der Waals surface area contributed by atoms with Crippen LogP contribution in [0.25, 0.3) is 0 Å². The Morgan fingerprint density at radius 1 is 0.875 bits per heavy atom. The molecule has 0 spiro atoms. The zero-order valence-corrected chi connectivity index (χ0v) is 11.5. The van der Waals surface area contributed by atoms with E-state index in [1.807, 2.05) is 6.92 Å². The second-order valence-electron chi connectivity index (χ2n) is 4.77. The maximum atomic E-state index is 5.63. The lowest BCUT2D eigenvalue weighted by atomic mass is 10.1. The molecule has 0 N–H and O–H groups in total. The summed E-state index contributed by atoms with van der Waals surface area (Å²) in [5, 5.41) is 0. The number of hydrogen-bond donors (Lipinski definition) is 0. The van der Waals surface area contributed by atoms with Crippen LogP contribution in [0, 0.1) is 6.58 Å². The van der Waals surface area contributed by atoms with Crippen molar-refractivity contribution < 1.29 is 0 Å². The van der Waals surface area contributed by atoms with Crippen LogP contribution in [0.5, 0.6) is 0 Å². The average molecular weight is 219 g/mol. The Hall–Kier alpha value is -0.780. The van der Waals surface area contributed by atoms with Crippen LogP contribution in [0.3, 0.4) is 0 Å². The molecule has 0 saturated heterocycles. The Labute approximate surface area is 102 Å². The summed E-state index contributed by atoms with van der Waals surface area (Å²) in [6.45, 7) is 14.3. The molecule has 0 rings (SSSR count). The highest BCUT2D eigenvalue weighted by Crippen LogP contribution is 2.11. The van der Waals surface area contributed by atoms with Crippen LogP contribution in [0.4, 0.5) is 0 Å². The van der Waals surface area contributed by atoms with Gasteiger partial charge in [-0.15, -0.1) is 0 Å². The van der Waals surface area contributed by atoms with E-state index < -0.39 is 0 Å². The fourth-order valence-corrected chi connectivity index (χ4v) is 1.69. The highest BCUT2D eigenvalue weighted by Gasteiger charge is 1.91. The molecule has 0 aromatic carbocycles. The van der Waals surface area contributed by atoms with E-state index in [4.69, 9.17) is 6.58 Å². The zero-order chi connectivity index (χ0) is 12.4. The van der Waals surface area contributed by atoms with Crippen molar-refractivity contribution in [3.63, 3.8) is 0 Å². The maximum Gasteiger partial charge on any atom is -0.0285 e. The smallest absolute Gasteiger partial charge is 0.0285 e. The van der Waals surface area contributed by atoms with Crippen LogP contribution in [-0.4, -0.2) is 0 Å². The lowest BCUT2D eigenvalue weighted by molar-refractivity contribution is 0.876. The van der Waals surface area contributed by atoms with Gasteiger partial charge in [-0.3, -0.25) is 0 Å². The molecule has 1 radical (unpaired) electrons. The highest BCUT2D eigenvalue weighted by atomic mass is 14.0. The normalized spacial score (nSPS) is 13.0. The lowest BCUT2D eigenvalue weighted by Gasteiger charge is -2.01. The molecular formula is C16H27. The molecule has 0 bridgehead atoms. The van der Waals surface area contributed by atoms with Crippen molar-refractivity contribution >= 4 is 0 Å². The van der Waals surface area contributed by atoms with E-state index in [2.05, 4.69) is 32.9 Å². The Bertz CT molecular complexity index is 253. The molecule has 0 aliphatic carbocycles. The van der Waals surface area contributed by atoms with Gasteiger partial charge in [0.25, 0.3) is 0 Å². The summed E-state index contributed by atoms with van der Waals surface area (Å²) in [5.74, 6) is 0. The van der Waals surface area contributed by atoms with Gasteiger partial charge >= 0.3 is 0 Å². The van der Waals surface area contributed by atoms with Crippen LogP contribution < -0.4 is 0 Å². The topological polar surface area (TPSA) is 0 Å². The van der Waals surface area contributed by atoms with Crippen molar-refractivity contribution in [2.24, 2.45) is 0 Å². The predicted molar refractivity (Wildman–Crippen MR) is 74.4 cm³/mol. The van der Waals surface area contributed by atoms with E-state index in [1.165, 1.54) is 36.8 Å². The molecule has 0 heterocycles. The standard InChI is InChI=1S/C16H27/c1-6-9-15(4)12-8-13-16(5)11-7-10-14(2)3/h2,11-12H,6-10,13H2,1,3-5H3. The van der Waals surface area contributed by atoms with Gasteiger partial charge in [0.15, 0.2) is 0 Å². The molecule has 0 heteroatoms. The summed E-state index contributed by atoms with van der Waals surface area (Å²) in [4.78, 5) is 0. The largest absolute Gasteiger partial charge is 0.0853 e. The maximum absolute atomic E-state index is 5.63. The van der Waals surface area contributed by atoms with Crippen molar-refractivity contribution in [3.8, 4) is 0 Å². The quantitative estimate of drug-likeness (QED) is 0.465. The van der Waals surface area contributed by atoms with Crippen LogP contribution in [0.1, 0.15) is 66.2 Å². The van der Waals surface area contributed by atoms with Crippen molar-refractivity contribution in [1.82, 2.24) is 0 Å². The Morgan fingerprint density at radius 3 is 1.88 bits per heavy atom. The summed E-state index contributed by atoms with van der Waals surface area (Å²) in [7, 11) is 0. The number of rotatable bonds is 8. The fraction of sp³-hybridized carbons (Fsp3) is 0.625. The van der Waals surface area contributed by atoms with Crippen molar-refractivity contribution in [3.05, 3.63) is 35.5 Å². The molecular weight excluding hydrogens is 192 g/mol. The molecule has 0 aromatic heterocycles. The first-order valence-electron chi connectivity index (χ1n) is 6.45. The Morgan fingerprint density at radius 2 is 1.38 bits per heavy atom. The molecule has 0 aliphatic rings. The van der Waals surface area contributed by atoms with Crippen LogP contribution in [0.15, 0.2) is 28.9 Å². The van der Waals surface area contributed by atoms with Gasteiger partial charge in [0.1, 0.15) is 0 Å². The molecule has 0 nitrogen and oxygen atoms in total. The number of hydrogen-bond acceptors (Lipinski definition) is 0. The summed E-state index contributed by atoms with van der Waals surface area (Å²) in [5.41, 5.74) is 4.05. The summed E-state index contributed by atoms with van der Waals surface area (Å²) in [6.07, 6.45) is 11.7. The first-order valence-corrected chi connectivity index (χ1v) is 6.45. The average Bonchev–Trinajstić information content (AvgIpc) is 2.17. The van der Waals surface area contributed by atoms with Gasteiger partial charge in [0.05, 0.1) is 0 Å². The Kier molecular flexibility index (Phi) is 8.99. The third kappa shape index (κ3) is 9.76. The third-order valence-corrected chi connectivity index (χ3v) is 2.71. The monoisotopic (exact) mass is 219 g/mol. The van der Waals surface area contributed by atoms with Gasteiger partial charge < -0.3 is 0 Å². The minimum atomic E-state index is 1.02. The molecule has 0 amide bonds. The summed E-state index contributed by atoms with van der Waals surface area (Å²) < 4.78 is 0. The first kappa shape index (κ1) is 15.2. The molecule has 0 aromatic rings. The molecule has 0 unspecified atom stereocenters. The molecule has 91 valence electrons. The molecule has 0 saturated carbocycles. The molecule has 0 aliphatic heterocycles. The molecule has 0 atom stereocenters. The van der Waals surface area contributed by atoms with Crippen LogP contribution >= 0.6 is 0 Å². The first-order chi connectivity index (χ1) is 7.56. The van der Waals surface area contributed by atoms with Crippen molar-refractivity contribution in [2.75, 3.05) is 0 Å². The fourth-order valence-electron chi connectivity index (χ4n) is 1.69. The van der Waals surface area contributed by atoms with Crippen molar-refractivity contribution in [2.45, 2.75) is 66.2 Å². The van der Waals surface area contributed by atoms with E-state index in [0.29, 0.717) is 0 Å². The second-order valence-corrected chi connectivity index (χ2v) is 4.77. The van der Waals surface area contributed by atoms with E-state index in [9.17, 15) is 0 Å². The van der Waals surface area contributed by atoms with E-state index >= 15 is 0 Å². The van der Waals surface area contributed by atoms with Gasteiger partial charge in [-0.2, -0.15) is 0 Å². The molecule has 0 fully saturated rings. The van der Waals surface area contributed by atoms with Gasteiger partial charge in [0, 0.05) is 0 Å². The Balaban J connectivity index is 3.75. The van der Waals surface area contributed by atoms with Gasteiger partial charge in [-0.25, -0.2) is 0 Å². The minimum absolute atomic E-state index is 1.02. The summed E-state index contributed by atoms with van der Waals surface area (Å²) in [6, 6.07) is 0. The SMILES string of the molecule is [CH]=C(C)CCC=C(C)CCC=C(C)CCC. The van der Waals surface area contributed by atoms with E-state index in [-0.39, 0.29) is 0 Å². The highest BCUT2D eigenvalue weighted by molar-refractivity contribution is 5.04. The van der Waals surface area contributed by atoms with Crippen LogP contribution in [0.2, 0.25) is 0 Å².